The Hall–Kier alpha value is -2.05. The zero-order chi connectivity index (χ0) is 26.5. The van der Waals surface area contributed by atoms with E-state index in [0.29, 0.717) is 18.8 Å². The highest BCUT2D eigenvalue weighted by Gasteiger charge is 2.32. The van der Waals surface area contributed by atoms with Crippen molar-refractivity contribution in [1.82, 2.24) is 9.62 Å². The zero-order valence-corrected chi connectivity index (χ0v) is 23.1. The number of amides is 1. The molecule has 0 bridgehead atoms. The van der Waals surface area contributed by atoms with E-state index >= 15 is 0 Å². The second-order valence-electron chi connectivity index (χ2n) is 8.33. The smallest absolute Gasteiger partial charge is 0.244 e. The minimum atomic E-state index is -3.83. The van der Waals surface area contributed by atoms with Gasteiger partial charge in [0.15, 0.2) is 0 Å². The lowest BCUT2D eigenvalue weighted by molar-refractivity contribution is -0.122. The highest BCUT2D eigenvalue weighted by atomic mass is 35.5. The topological polar surface area (TPSA) is 113 Å². The Balaban J connectivity index is 1.60. The minimum absolute atomic E-state index is 0.0995. The van der Waals surface area contributed by atoms with Gasteiger partial charge < -0.3 is 10.1 Å². The van der Waals surface area contributed by atoms with Crippen molar-refractivity contribution in [1.29, 1.82) is 0 Å². The molecule has 9 nitrogen and oxygen atoms in total. The van der Waals surface area contributed by atoms with Gasteiger partial charge in [0.25, 0.3) is 0 Å². The molecule has 0 radical (unpaired) electrons. The van der Waals surface area contributed by atoms with Crippen LogP contribution in [-0.4, -0.2) is 65.6 Å². The quantitative estimate of drug-likeness (QED) is 0.409. The van der Waals surface area contributed by atoms with Crippen LogP contribution in [0.1, 0.15) is 26.2 Å². The average molecular weight is 579 g/mol. The molecular weight excluding hydrogens is 549 g/mol. The number of carbonyl (C=O) groups excluding carboxylic acids is 1. The summed E-state index contributed by atoms with van der Waals surface area (Å²) in [5, 5.41) is 3.18. The number of hydrogen-bond acceptors (Lipinski definition) is 6. The van der Waals surface area contributed by atoms with Crippen LogP contribution in [-0.2, 0) is 24.8 Å². The molecule has 2 aromatic rings. The molecule has 1 heterocycles. The summed E-state index contributed by atoms with van der Waals surface area (Å²) in [4.78, 5) is 13.1. The third-order valence-corrected chi connectivity index (χ3v) is 9.16. The van der Waals surface area contributed by atoms with E-state index in [2.05, 4.69) is 5.32 Å². The van der Waals surface area contributed by atoms with E-state index in [1.807, 2.05) is 0 Å². The molecule has 0 unspecified atom stereocenters. The number of nitrogens with zero attached hydrogens (tertiary/aromatic N) is 2. The molecule has 2 aromatic carbocycles. The number of ether oxygens (including phenoxy) is 1. The summed E-state index contributed by atoms with van der Waals surface area (Å²) in [6.07, 6.45) is 2.94. The van der Waals surface area contributed by atoms with Gasteiger partial charge in [-0.15, -0.1) is 0 Å². The van der Waals surface area contributed by atoms with Crippen LogP contribution >= 0.6 is 23.2 Å². The molecule has 0 aromatic heterocycles. The van der Waals surface area contributed by atoms with E-state index in [4.69, 9.17) is 27.9 Å². The summed E-state index contributed by atoms with van der Waals surface area (Å²) in [6.45, 7) is 2.96. The number of benzene rings is 2. The molecular formula is C23H29Cl2N3O6S2. The predicted molar refractivity (Wildman–Crippen MR) is 141 cm³/mol. The van der Waals surface area contributed by atoms with Gasteiger partial charge in [0.05, 0.1) is 23.4 Å². The predicted octanol–water partition coefficient (Wildman–Crippen LogP) is 3.52. The third-order valence-electron chi connectivity index (χ3n) is 5.63. The highest BCUT2D eigenvalue weighted by Crippen LogP contribution is 2.29. The molecule has 13 heteroatoms. The first-order chi connectivity index (χ1) is 16.9. The summed E-state index contributed by atoms with van der Waals surface area (Å²) in [6, 6.07) is 9.43. The largest absolute Gasteiger partial charge is 0.492 e. The summed E-state index contributed by atoms with van der Waals surface area (Å²) in [5.74, 6) is -0.0577. The Morgan fingerprint density at radius 1 is 1.06 bits per heavy atom. The number of rotatable bonds is 11. The molecule has 1 aliphatic rings. The monoisotopic (exact) mass is 577 g/mol. The molecule has 1 atom stereocenters. The fraction of sp³-hybridized carbons (Fsp3) is 0.435. The first kappa shape index (κ1) is 28.5. The average Bonchev–Trinajstić information content (AvgIpc) is 3.35. The van der Waals surface area contributed by atoms with Crippen molar-refractivity contribution in [2.45, 2.75) is 37.1 Å². The minimum Gasteiger partial charge on any atom is -0.492 e. The van der Waals surface area contributed by atoms with Gasteiger partial charge in [0.1, 0.15) is 18.4 Å². The van der Waals surface area contributed by atoms with Crippen LogP contribution in [0.5, 0.6) is 5.75 Å². The van der Waals surface area contributed by atoms with Gasteiger partial charge in [-0.1, -0.05) is 30.1 Å². The molecule has 1 aliphatic heterocycles. The van der Waals surface area contributed by atoms with Gasteiger partial charge in [0.2, 0.25) is 26.0 Å². The number of nitrogens with one attached hydrogen (secondary N) is 1. The van der Waals surface area contributed by atoms with Gasteiger partial charge in [-0.2, -0.15) is 4.31 Å². The van der Waals surface area contributed by atoms with Gasteiger partial charge >= 0.3 is 0 Å². The van der Waals surface area contributed by atoms with E-state index in [1.165, 1.54) is 34.6 Å². The Bertz CT molecular complexity index is 1260. The molecule has 1 fully saturated rings. The second kappa shape index (κ2) is 12.0. The van der Waals surface area contributed by atoms with E-state index in [9.17, 15) is 21.6 Å². The van der Waals surface area contributed by atoms with Crippen LogP contribution in [0, 0.1) is 0 Å². The van der Waals surface area contributed by atoms with Crippen molar-refractivity contribution < 1.29 is 26.4 Å². The number of hydrogen-bond donors (Lipinski definition) is 1. The van der Waals surface area contributed by atoms with E-state index < -0.39 is 32.0 Å². The fourth-order valence-corrected chi connectivity index (χ4v) is 7.20. The molecule has 0 aliphatic carbocycles. The Morgan fingerprint density at radius 3 is 2.17 bits per heavy atom. The van der Waals surface area contributed by atoms with Crippen molar-refractivity contribution in [3.8, 4) is 5.75 Å². The number of anilines is 1. The van der Waals surface area contributed by atoms with Crippen molar-refractivity contribution in [3.63, 3.8) is 0 Å². The van der Waals surface area contributed by atoms with E-state index in [-0.39, 0.29) is 40.2 Å². The highest BCUT2D eigenvalue weighted by molar-refractivity contribution is 7.92. The lowest BCUT2D eigenvalue weighted by Gasteiger charge is -2.30. The molecule has 36 heavy (non-hydrogen) atoms. The molecule has 1 saturated heterocycles. The molecule has 1 N–H and O–H groups in total. The maximum atomic E-state index is 12.9. The molecule has 0 spiro atoms. The molecule has 198 valence electrons. The van der Waals surface area contributed by atoms with Crippen molar-refractivity contribution >= 4 is 54.8 Å². The van der Waals surface area contributed by atoms with Gasteiger partial charge in [-0.25, -0.2) is 16.8 Å². The standard InChI is InChI=1S/C23H29Cl2N3O6S2/c1-3-22(28(35(2,30)31)19-15-17(24)14-18(25)16-19)23(29)26-10-13-34-20-6-8-21(9-7-20)36(32,33)27-11-4-5-12-27/h6-9,14-16,22H,3-5,10-13H2,1-2H3,(H,26,29)/t22-/m0/s1. The Morgan fingerprint density at radius 2 is 1.64 bits per heavy atom. The zero-order valence-electron chi connectivity index (χ0n) is 20.0. The van der Waals surface area contributed by atoms with Crippen molar-refractivity contribution in [2.75, 3.05) is 36.8 Å². The normalized spacial score (nSPS) is 15.4. The first-order valence-corrected chi connectivity index (χ1v) is 15.4. The van der Waals surface area contributed by atoms with Crippen LogP contribution in [0.2, 0.25) is 10.0 Å². The molecule has 3 rings (SSSR count). The van der Waals surface area contributed by atoms with E-state index in [0.717, 1.165) is 23.4 Å². The number of sulfonamides is 2. The second-order valence-corrected chi connectivity index (χ2v) is 13.0. The summed E-state index contributed by atoms with van der Waals surface area (Å²) < 4.78 is 58.4. The van der Waals surface area contributed by atoms with Crippen molar-refractivity contribution in [3.05, 3.63) is 52.5 Å². The maximum absolute atomic E-state index is 12.9. The summed E-state index contributed by atoms with van der Waals surface area (Å²) >= 11 is 12.1. The summed E-state index contributed by atoms with van der Waals surface area (Å²) in [5.41, 5.74) is 0.192. The lowest BCUT2D eigenvalue weighted by Crippen LogP contribution is -2.50. The van der Waals surface area contributed by atoms with Crippen molar-refractivity contribution in [2.24, 2.45) is 0 Å². The Kier molecular flexibility index (Phi) is 9.50. The lowest BCUT2D eigenvalue weighted by atomic mass is 10.2. The molecule has 0 saturated carbocycles. The molecule has 1 amide bonds. The number of carbonyl (C=O) groups is 1. The van der Waals surface area contributed by atoms with Crippen LogP contribution in [0.25, 0.3) is 0 Å². The first-order valence-electron chi connectivity index (χ1n) is 11.4. The summed E-state index contributed by atoms with van der Waals surface area (Å²) in [7, 11) is -7.33. The van der Waals surface area contributed by atoms with Crippen LogP contribution < -0.4 is 14.4 Å². The van der Waals surface area contributed by atoms with Crippen LogP contribution in [0.15, 0.2) is 47.4 Å². The van der Waals surface area contributed by atoms with Crippen LogP contribution in [0.4, 0.5) is 5.69 Å². The van der Waals surface area contributed by atoms with Gasteiger partial charge in [-0.3, -0.25) is 9.10 Å². The third kappa shape index (κ3) is 7.04. The fourth-order valence-electron chi connectivity index (χ4n) is 3.97. The van der Waals surface area contributed by atoms with Gasteiger partial charge in [-0.05, 0) is 61.7 Å². The SMILES string of the molecule is CC[C@@H](C(=O)NCCOc1ccc(S(=O)(=O)N2CCCC2)cc1)N(c1cc(Cl)cc(Cl)c1)S(C)(=O)=O. The van der Waals surface area contributed by atoms with Crippen LogP contribution in [0.3, 0.4) is 0 Å². The Labute approximate surface area is 222 Å². The van der Waals surface area contributed by atoms with E-state index in [1.54, 1.807) is 19.1 Å². The maximum Gasteiger partial charge on any atom is 0.244 e. The van der Waals surface area contributed by atoms with Gasteiger partial charge in [0, 0.05) is 23.1 Å². The number of halogens is 2.